The summed E-state index contributed by atoms with van der Waals surface area (Å²) in [5.74, 6) is 0. The lowest BCUT2D eigenvalue weighted by Crippen LogP contribution is -2.33. The molecule has 12 heavy (non-hydrogen) atoms. The van der Waals surface area contributed by atoms with Crippen molar-refractivity contribution in [3.63, 3.8) is 0 Å². The zero-order valence-electron chi connectivity index (χ0n) is 8.30. The minimum Gasteiger partial charge on any atom is -0.308 e. The van der Waals surface area contributed by atoms with E-state index in [0.717, 1.165) is 5.57 Å². The smallest absolute Gasteiger partial charge is 0.0288 e. The van der Waals surface area contributed by atoms with Crippen LogP contribution in [0.15, 0.2) is 37.0 Å². The van der Waals surface area contributed by atoms with Crippen LogP contribution < -0.4 is 5.32 Å². The molecule has 0 saturated heterocycles. The average molecular weight is 165 g/mol. The Morgan fingerprint density at radius 1 is 1.33 bits per heavy atom. The van der Waals surface area contributed by atoms with Crippen molar-refractivity contribution in [1.82, 2.24) is 5.32 Å². The van der Waals surface area contributed by atoms with Gasteiger partial charge in [0.25, 0.3) is 0 Å². The van der Waals surface area contributed by atoms with Crippen LogP contribution in [-0.2, 0) is 0 Å². The van der Waals surface area contributed by atoms with Gasteiger partial charge in [-0.3, -0.25) is 0 Å². The molecule has 0 spiro atoms. The summed E-state index contributed by atoms with van der Waals surface area (Å²) < 4.78 is 0. The Balaban J connectivity index is 3.92. The lowest BCUT2D eigenvalue weighted by atomic mass is 10.1. The molecule has 1 nitrogen and oxygen atoms in total. The maximum absolute atomic E-state index is 3.95. The van der Waals surface area contributed by atoms with Gasteiger partial charge in [-0.25, -0.2) is 0 Å². The molecule has 0 saturated carbocycles. The van der Waals surface area contributed by atoms with Crippen LogP contribution in [-0.4, -0.2) is 12.1 Å². The topological polar surface area (TPSA) is 12.0 Å². The molecule has 0 radical (unpaired) electrons. The van der Waals surface area contributed by atoms with E-state index in [4.69, 9.17) is 0 Å². The molecule has 0 fully saturated rings. The lowest BCUT2D eigenvalue weighted by molar-refractivity contribution is 0.539. The second kappa shape index (κ2) is 5.78. The van der Waals surface area contributed by atoms with Crippen molar-refractivity contribution in [3.05, 3.63) is 37.0 Å². The first-order valence-corrected chi connectivity index (χ1v) is 4.32. The van der Waals surface area contributed by atoms with Crippen molar-refractivity contribution in [2.24, 2.45) is 0 Å². The van der Waals surface area contributed by atoms with E-state index >= 15 is 0 Å². The molecule has 1 atom stereocenters. The standard InChI is InChI=1S/C11H19N/c1-6-7-8-10(4)11(5)12-9(2)3/h6-9,11-12H,1,4H2,2-3,5H3/b8-7-. The minimum absolute atomic E-state index is 0.334. The summed E-state index contributed by atoms with van der Waals surface area (Å²) in [7, 11) is 0. The summed E-state index contributed by atoms with van der Waals surface area (Å²) in [4.78, 5) is 0. The predicted molar refractivity (Wildman–Crippen MR) is 56.2 cm³/mol. The summed E-state index contributed by atoms with van der Waals surface area (Å²) in [6.45, 7) is 13.9. The fraction of sp³-hybridized carbons (Fsp3) is 0.455. The Morgan fingerprint density at radius 2 is 1.92 bits per heavy atom. The van der Waals surface area contributed by atoms with Crippen molar-refractivity contribution in [3.8, 4) is 0 Å². The largest absolute Gasteiger partial charge is 0.308 e. The van der Waals surface area contributed by atoms with Crippen molar-refractivity contribution >= 4 is 0 Å². The van der Waals surface area contributed by atoms with E-state index in [1.54, 1.807) is 6.08 Å². The van der Waals surface area contributed by atoms with Crippen LogP contribution in [0.4, 0.5) is 0 Å². The molecule has 0 aromatic heterocycles. The Hall–Kier alpha value is -0.820. The molecule has 0 bridgehead atoms. The highest BCUT2D eigenvalue weighted by Gasteiger charge is 2.03. The number of hydrogen-bond donors (Lipinski definition) is 1. The van der Waals surface area contributed by atoms with Gasteiger partial charge in [-0.2, -0.15) is 0 Å². The number of rotatable bonds is 5. The number of hydrogen-bond acceptors (Lipinski definition) is 1. The van der Waals surface area contributed by atoms with Crippen molar-refractivity contribution < 1.29 is 0 Å². The van der Waals surface area contributed by atoms with Crippen LogP contribution in [0.3, 0.4) is 0 Å². The predicted octanol–water partition coefficient (Wildman–Crippen LogP) is 2.67. The summed E-state index contributed by atoms with van der Waals surface area (Å²) in [5, 5.41) is 3.37. The Labute approximate surface area is 75.9 Å². The van der Waals surface area contributed by atoms with Crippen LogP contribution in [0, 0.1) is 0 Å². The van der Waals surface area contributed by atoms with E-state index in [1.165, 1.54) is 0 Å². The molecule has 1 N–H and O–H groups in total. The van der Waals surface area contributed by atoms with Crippen LogP contribution in [0.2, 0.25) is 0 Å². The summed E-state index contributed by atoms with van der Waals surface area (Å²) in [6, 6.07) is 0.829. The first-order valence-electron chi connectivity index (χ1n) is 4.32. The Kier molecular flexibility index (Phi) is 5.39. The van der Waals surface area contributed by atoms with Gasteiger partial charge in [0.1, 0.15) is 0 Å². The van der Waals surface area contributed by atoms with E-state index < -0.39 is 0 Å². The van der Waals surface area contributed by atoms with Crippen LogP contribution in [0.5, 0.6) is 0 Å². The highest BCUT2D eigenvalue weighted by atomic mass is 14.9. The van der Waals surface area contributed by atoms with Gasteiger partial charge >= 0.3 is 0 Å². The van der Waals surface area contributed by atoms with Crippen LogP contribution in [0.1, 0.15) is 20.8 Å². The molecule has 0 rings (SSSR count). The Morgan fingerprint density at radius 3 is 2.33 bits per heavy atom. The average Bonchev–Trinajstić information content (AvgIpc) is 1.98. The second-order valence-electron chi connectivity index (χ2n) is 3.21. The van der Waals surface area contributed by atoms with E-state index in [0.29, 0.717) is 12.1 Å². The highest BCUT2D eigenvalue weighted by Crippen LogP contribution is 2.01. The third-order valence-electron chi connectivity index (χ3n) is 1.59. The van der Waals surface area contributed by atoms with Crippen LogP contribution in [0.25, 0.3) is 0 Å². The fourth-order valence-corrected chi connectivity index (χ4v) is 0.943. The van der Waals surface area contributed by atoms with Gasteiger partial charge in [0.2, 0.25) is 0 Å². The van der Waals surface area contributed by atoms with Gasteiger partial charge in [-0.15, -0.1) is 0 Å². The molecule has 0 heterocycles. The summed E-state index contributed by atoms with van der Waals surface area (Å²) >= 11 is 0. The molecule has 0 aliphatic carbocycles. The molecular weight excluding hydrogens is 146 g/mol. The molecule has 0 aromatic rings. The molecule has 1 heteroatoms. The highest BCUT2D eigenvalue weighted by molar-refractivity contribution is 5.22. The first-order chi connectivity index (χ1) is 5.57. The van der Waals surface area contributed by atoms with E-state index in [1.807, 2.05) is 12.2 Å². The molecule has 0 aromatic carbocycles. The lowest BCUT2D eigenvalue weighted by Gasteiger charge is -2.16. The maximum atomic E-state index is 3.95. The number of nitrogens with one attached hydrogen (secondary N) is 1. The second-order valence-corrected chi connectivity index (χ2v) is 3.21. The normalized spacial score (nSPS) is 13.7. The Bertz CT molecular complexity index is 177. The third kappa shape index (κ3) is 4.91. The van der Waals surface area contributed by atoms with Gasteiger partial charge in [0.15, 0.2) is 0 Å². The van der Waals surface area contributed by atoms with Gasteiger partial charge in [-0.05, 0) is 12.5 Å². The van der Waals surface area contributed by atoms with Crippen molar-refractivity contribution in [2.75, 3.05) is 0 Å². The van der Waals surface area contributed by atoms with E-state index in [-0.39, 0.29) is 0 Å². The van der Waals surface area contributed by atoms with E-state index in [2.05, 4.69) is 39.2 Å². The molecule has 1 unspecified atom stereocenters. The molecule has 0 aliphatic rings. The SMILES string of the molecule is C=C/C=C\C(=C)C(C)NC(C)C. The quantitative estimate of drug-likeness (QED) is 0.618. The van der Waals surface area contributed by atoms with Gasteiger partial charge in [-0.1, -0.05) is 45.2 Å². The van der Waals surface area contributed by atoms with Gasteiger partial charge < -0.3 is 5.32 Å². The molecule has 0 aliphatic heterocycles. The maximum Gasteiger partial charge on any atom is 0.0288 e. The first kappa shape index (κ1) is 11.2. The third-order valence-corrected chi connectivity index (χ3v) is 1.59. The van der Waals surface area contributed by atoms with E-state index in [9.17, 15) is 0 Å². The summed E-state index contributed by atoms with van der Waals surface area (Å²) in [5.41, 5.74) is 1.09. The summed E-state index contributed by atoms with van der Waals surface area (Å²) in [6.07, 6.45) is 5.64. The minimum atomic E-state index is 0.334. The van der Waals surface area contributed by atoms with Crippen molar-refractivity contribution in [1.29, 1.82) is 0 Å². The van der Waals surface area contributed by atoms with Gasteiger partial charge in [0.05, 0.1) is 0 Å². The number of allylic oxidation sites excluding steroid dienone is 2. The molecular formula is C11H19N. The zero-order chi connectivity index (χ0) is 9.56. The fourth-order valence-electron chi connectivity index (χ4n) is 0.943. The molecule has 0 amide bonds. The molecule has 68 valence electrons. The van der Waals surface area contributed by atoms with Gasteiger partial charge in [0, 0.05) is 12.1 Å². The zero-order valence-corrected chi connectivity index (χ0v) is 8.30. The van der Waals surface area contributed by atoms with Crippen molar-refractivity contribution in [2.45, 2.75) is 32.9 Å². The van der Waals surface area contributed by atoms with Crippen LogP contribution >= 0.6 is 0 Å². The monoisotopic (exact) mass is 165 g/mol.